The minimum Gasteiger partial charge on any atom is -0.459 e. The molecule has 0 radical (unpaired) electrons. The molecule has 0 amide bonds. The molecular weight excluding hydrogens is 736 g/mol. The van der Waals surface area contributed by atoms with Crippen LogP contribution in [-0.2, 0) is 61.6 Å². The Hall–Kier alpha value is -1.49. The molecule has 5 unspecified atom stereocenters. The smallest absolute Gasteiger partial charge is 0.308 e. The third kappa shape index (κ3) is 6.81. The third-order valence-electron chi connectivity index (χ3n) is 15.4. The fourth-order valence-corrected chi connectivity index (χ4v) is 12.5. The van der Waals surface area contributed by atoms with Crippen molar-refractivity contribution in [3.8, 4) is 0 Å². The summed E-state index contributed by atoms with van der Waals surface area (Å²) in [6, 6.07) is 0. The minimum absolute atomic E-state index is 0.0204. The first-order valence-electron chi connectivity index (χ1n) is 22.2. The van der Waals surface area contributed by atoms with E-state index in [1.807, 2.05) is 13.8 Å². The molecule has 12 heterocycles. The maximum atomic E-state index is 14.1. The molecule has 316 valence electrons. The highest BCUT2D eigenvalue weighted by Gasteiger charge is 2.69. The van der Waals surface area contributed by atoms with E-state index in [2.05, 4.69) is 27.0 Å². The van der Waals surface area contributed by atoms with E-state index in [1.165, 1.54) is 0 Å². The number of esters is 1. The van der Waals surface area contributed by atoms with Gasteiger partial charge < -0.3 is 56.8 Å². The van der Waals surface area contributed by atoms with Crippen molar-refractivity contribution in [2.24, 2.45) is 11.8 Å². The predicted octanol–water partition coefficient (Wildman–Crippen LogP) is 4.99. The molecule has 0 aromatic carbocycles. The molecule has 12 aliphatic heterocycles. The standard InChI is InChI=1S/C44H62O13/c1-20-13-24-7-9-27-21(2)14-26(47-27)11-12-44-18-33-39(56-44)40-41(52-33)42(57-44)38-28(51-40)10-8-25(49-38)15-35(45)54-37-23(4)36-32(50-31(37)16-29(48-24)22(20)3)17-30-34(53-36)19-46-43(5,6)55-30/h20,23-34,36-42H,2-3,7-19H2,1,4-6H3/t20-,23+,24?,25?,26?,27+,28+,29?,30-,31?,32+,33-,34-,36+,37-,38+,39+,40+,41-,42+,44+/m1/s1. The van der Waals surface area contributed by atoms with Crippen molar-refractivity contribution in [1.29, 1.82) is 0 Å². The van der Waals surface area contributed by atoms with Gasteiger partial charge in [0.15, 0.2) is 11.6 Å². The average molecular weight is 799 g/mol. The highest BCUT2D eigenvalue weighted by molar-refractivity contribution is 5.70. The molecular formula is C44H62O13. The average Bonchev–Trinajstić information content (AvgIpc) is 3.75. The number of hydrogen-bond donors (Lipinski definition) is 0. The van der Waals surface area contributed by atoms with E-state index in [0.29, 0.717) is 38.7 Å². The van der Waals surface area contributed by atoms with Crippen LogP contribution < -0.4 is 0 Å². The van der Waals surface area contributed by atoms with Crippen LogP contribution in [0.1, 0.15) is 105 Å². The molecule has 12 fully saturated rings. The summed E-state index contributed by atoms with van der Waals surface area (Å²) in [6.45, 7) is 17.7. The van der Waals surface area contributed by atoms with Crippen LogP contribution in [0, 0.1) is 11.8 Å². The summed E-state index contributed by atoms with van der Waals surface area (Å²) >= 11 is 0. The topological polar surface area (TPSA) is 128 Å². The van der Waals surface area contributed by atoms with Gasteiger partial charge in [-0.05, 0) is 75.9 Å². The van der Waals surface area contributed by atoms with E-state index in [0.717, 1.165) is 49.7 Å². The van der Waals surface area contributed by atoms with Crippen molar-refractivity contribution in [2.75, 3.05) is 6.61 Å². The number of carbonyl (C=O) groups excluding carboxylic acids is 1. The fraction of sp³-hybridized carbons (Fsp3) is 0.886. The Bertz CT molecular complexity index is 1600. The molecule has 1 spiro atoms. The Morgan fingerprint density at radius 3 is 2.19 bits per heavy atom. The van der Waals surface area contributed by atoms with Crippen LogP contribution in [0.3, 0.4) is 0 Å². The SMILES string of the molecule is C=C1C2CC3O[C@H]4C[C@H]5OC(C)(C)OC[C@H]5O[C@H]4[C@H](C)[C@H]3OC(=O)CC3CC[C@@H]4O[C@@H]5[C@H]6O[C@@H]7C[C@](CCC8CC(=C)[C@H](CCC(C[C@H]1C)O2)O8)(O[C@H]6[C@H]4O3)O[C@H]57. The van der Waals surface area contributed by atoms with E-state index in [4.69, 9.17) is 56.8 Å². The fourth-order valence-electron chi connectivity index (χ4n) is 12.5. The molecule has 21 atom stereocenters. The van der Waals surface area contributed by atoms with E-state index in [-0.39, 0.29) is 122 Å². The van der Waals surface area contributed by atoms with Gasteiger partial charge in [-0.3, -0.25) is 4.79 Å². The molecule has 12 aliphatic rings. The van der Waals surface area contributed by atoms with Gasteiger partial charge in [-0.2, -0.15) is 0 Å². The first kappa shape index (κ1) is 38.4. The number of carbonyl (C=O) groups is 1. The van der Waals surface area contributed by atoms with Crippen molar-refractivity contribution in [3.63, 3.8) is 0 Å². The van der Waals surface area contributed by atoms with Gasteiger partial charge in [0.05, 0.1) is 80.2 Å². The molecule has 0 aromatic heterocycles. The molecule has 12 bridgehead atoms. The molecule has 0 aliphatic carbocycles. The predicted molar refractivity (Wildman–Crippen MR) is 200 cm³/mol. The summed E-state index contributed by atoms with van der Waals surface area (Å²) in [6.07, 6.45) is 4.24. The van der Waals surface area contributed by atoms with Gasteiger partial charge in [0, 0.05) is 31.6 Å². The van der Waals surface area contributed by atoms with E-state index in [9.17, 15) is 4.79 Å². The van der Waals surface area contributed by atoms with Crippen LogP contribution in [0.2, 0.25) is 0 Å². The van der Waals surface area contributed by atoms with Crippen LogP contribution in [0.5, 0.6) is 0 Å². The van der Waals surface area contributed by atoms with Crippen molar-refractivity contribution in [3.05, 3.63) is 24.3 Å². The summed E-state index contributed by atoms with van der Waals surface area (Å²) in [4.78, 5) is 14.1. The van der Waals surface area contributed by atoms with E-state index in [1.54, 1.807) is 0 Å². The number of ether oxygens (including phenoxy) is 12. The lowest BCUT2D eigenvalue weighted by Gasteiger charge is -2.53. The molecule has 12 saturated heterocycles. The van der Waals surface area contributed by atoms with Gasteiger partial charge in [0.25, 0.3) is 0 Å². The lowest BCUT2D eigenvalue weighted by molar-refractivity contribution is -0.356. The number of rotatable bonds is 0. The summed E-state index contributed by atoms with van der Waals surface area (Å²) in [5, 5.41) is 0. The molecule has 12 rings (SSSR count). The van der Waals surface area contributed by atoms with E-state index < -0.39 is 23.8 Å². The highest BCUT2D eigenvalue weighted by Crippen LogP contribution is 2.54. The maximum absolute atomic E-state index is 14.1. The number of hydrogen-bond acceptors (Lipinski definition) is 13. The second-order valence-corrected chi connectivity index (χ2v) is 19.8. The Balaban J connectivity index is 0.879. The largest absolute Gasteiger partial charge is 0.459 e. The van der Waals surface area contributed by atoms with Crippen molar-refractivity contribution in [1.82, 2.24) is 0 Å². The van der Waals surface area contributed by atoms with Crippen molar-refractivity contribution >= 4 is 5.97 Å². The van der Waals surface area contributed by atoms with Gasteiger partial charge in [-0.1, -0.05) is 27.0 Å². The Morgan fingerprint density at radius 2 is 1.32 bits per heavy atom. The summed E-state index contributed by atoms with van der Waals surface area (Å²) in [5.74, 6) is -1.69. The lowest BCUT2D eigenvalue weighted by Crippen LogP contribution is -2.64. The molecule has 57 heavy (non-hydrogen) atoms. The quantitative estimate of drug-likeness (QED) is 0.241. The minimum atomic E-state index is -0.794. The second-order valence-electron chi connectivity index (χ2n) is 19.8. The zero-order chi connectivity index (χ0) is 39.0. The molecule has 13 heteroatoms. The van der Waals surface area contributed by atoms with Crippen LogP contribution >= 0.6 is 0 Å². The highest BCUT2D eigenvalue weighted by atomic mass is 16.8. The summed E-state index contributed by atoms with van der Waals surface area (Å²) in [7, 11) is 0. The van der Waals surface area contributed by atoms with Crippen LogP contribution in [0.4, 0.5) is 0 Å². The Kier molecular flexibility index (Phi) is 9.64. The van der Waals surface area contributed by atoms with Gasteiger partial charge in [0.2, 0.25) is 0 Å². The molecule has 0 aromatic rings. The van der Waals surface area contributed by atoms with Gasteiger partial charge >= 0.3 is 5.97 Å². The Labute approximate surface area is 336 Å². The van der Waals surface area contributed by atoms with Gasteiger partial charge in [-0.25, -0.2) is 0 Å². The van der Waals surface area contributed by atoms with E-state index >= 15 is 0 Å². The molecule has 0 N–H and O–H groups in total. The number of fused-ring (bicyclic) bond motifs is 8. The van der Waals surface area contributed by atoms with Crippen LogP contribution in [0.25, 0.3) is 0 Å². The van der Waals surface area contributed by atoms with Crippen LogP contribution in [-0.4, -0.2) is 134 Å². The van der Waals surface area contributed by atoms with Gasteiger partial charge in [0.1, 0.15) is 42.7 Å². The first-order valence-corrected chi connectivity index (χ1v) is 22.2. The lowest BCUT2D eigenvalue weighted by atomic mass is 9.79. The molecule has 0 saturated carbocycles. The summed E-state index contributed by atoms with van der Waals surface area (Å²) in [5.41, 5.74) is 2.20. The van der Waals surface area contributed by atoms with Crippen LogP contribution in [0.15, 0.2) is 24.3 Å². The normalized spacial score (nSPS) is 55.5. The second kappa shape index (κ2) is 14.3. The Morgan fingerprint density at radius 1 is 0.579 bits per heavy atom. The van der Waals surface area contributed by atoms with Gasteiger partial charge in [-0.15, -0.1) is 0 Å². The third-order valence-corrected chi connectivity index (χ3v) is 15.4. The molecule has 13 nitrogen and oxygen atoms in total. The monoisotopic (exact) mass is 798 g/mol. The zero-order valence-electron chi connectivity index (χ0n) is 34.0. The maximum Gasteiger partial charge on any atom is 0.308 e. The summed E-state index contributed by atoms with van der Waals surface area (Å²) < 4.78 is 80.1. The first-order chi connectivity index (χ1) is 27.4. The van der Waals surface area contributed by atoms with Crippen molar-refractivity contribution < 1.29 is 61.6 Å². The zero-order valence-corrected chi connectivity index (χ0v) is 34.0. The van der Waals surface area contributed by atoms with Crippen molar-refractivity contribution in [2.45, 2.75) is 226 Å².